The van der Waals surface area contributed by atoms with Gasteiger partial charge in [-0.1, -0.05) is 29.3 Å². The Hall–Kier alpha value is -1.71. The Kier molecular flexibility index (Phi) is 5.48. The van der Waals surface area contributed by atoms with Crippen LogP contribution in [0.3, 0.4) is 0 Å². The van der Waals surface area contributed by atoms with Gasteiger partial charge in [0, 0.05) is 39.9 Å². The van der Waals surface area contributed by atoms with Crippen molar-refractivity contribution in [2.24, 2.45) is 0 Å². The minimum atomic E-state index is -0.0711. The molecule has 0 heterocycles. The van der Waals surface area contributed by atoms with Crippen molar-refractivity contribution in [3.63, 3.8) is 0 Å². The molecule has 0 unspecified atom stereocenters. The summed E-state index contributed by atoms with van der Waals surface area (Å²) in [4.78, 5) is 11.7. The minimum Gasteiger partial charge on any atom is -0.381 e. The van der Waals surface area contributed by atoms with E-state index in [1.807, 2.05) is 37.3 Å². The SMILES string of the molecule is CCNC(=O)c1ccc(NCc2c(Cl)cccc2Cl)cc1. The van der Waals surface area contributed by atoms with E-state index in [2.05, 4.69) is 10.6 Å². The first kappa shape index (κ1) is 15.7. The summed E-state index contributed by atoms with van der Waals surface area (Å²) in [5.74, 6) is -0.0711. The molecule has 0 saturated carbocycles. The van der Waals surface area contributed by atoms with Gasteiger partial charge in [-0.25, -0.2) is 0 Å². The molecule has 0 radical (unpaired) electrons. The number of amides is 1. The molecule has 2 rings (SSSR count). The first-order valence-corrected chi connectivity index (χ1v) is 7.42. The van der Waals surface area contributed by atoms with Crippen molar-refractivity contribution in [3.05, 3.63) is 63.6 Å². The largest absolute Gasteiger partial charge is 0.381 e. The molecule has 2 aromatic carbocycles. The highest BCUT2D eigenvalue weighted by atomic mass is 35.5. The van der Waals surface area contributed by atoms with Crippen molar-refractivity contribution in [2.45, 2.75) is 13.5 Å². The van der Waals surface area contributed by atoms with E-state index in [-0.39, 0.29) is 5.91 Å². The van der Waals surface area contributed by atoms with Gasteiger partial charge in [0.2, 0.25) is 0 Å². The zero-order valence-corrected chi connectivity index (χ0v) is 13.1. The third-order valence-corrected chi connectivity index (χ3v) is 3.72. The van der Waals surface area contributed by atoms with Crippen LogP contribution in [0.2, 0.25) is 10.0 Å². The minimum absolute atomic E-state index is 0.0711. The van der Waals surface area contributed by atoms with E-state index < -0.39 is 0 Å². The third kappa shape index (κ3) is 4.13. The number of halogens is 2. The number of benzene rings is 2. The van der Waals surface area contributed by atoms with Crippen molar-refractivity contribution >= 4 is 34.8 Å². The molecule has 0 saturated heterocycles. The predicted molar refractivity (Wildman–Crippen MR) is 88.2 cm³/mol. The van der Waals surface area contributed by atoms with Crippen LogP contribution in [0.25, 0.3) is 0 Å². The Morgan fingerprint density at radius 1 is 1.05 bits per heavy atom. The number of hydrogen-bond donors (Lipinski definition) is 2. The summed E-state index contributed by atoms with van der Waals surface area (Å²) in [5, 5.41) is 7.27. The maximum Gasteiger partial charge on any atom is 0.251 e. The Labute approximate surface area is 134 Å². The second kappa shape index (κ2) is 7.34. The Balaban J connectivity index is 2.03. The molecular weight excluding hydrogens is 307 g/mol. The van der Waals surface area contributed by atoms with Crippen LogP contribution in [0.5, 0.6) is 0 Å². The van der Waals surface area contributed by atoms with E-state index in [0.717, 1.165) is 11.3 Å². The Morgan fingerprint density at radius 2 is 1.67 bits per heavy atom. The van der Waals surface area contributed by atoms with Crippen LogP contribution in [0, 0.1) is 0 Å². The first-order valence-electron chi connectivity index (χ1n) is 6.67. The highest BCUT2D eigenvalue weighted by Crippen LogP contribution is 2.25. The monoisotopic (exact) mass is 322 g/mol. The molecule has 0 fully saturated rings. The molecule has 0 aromatic heterocycles. The smallest absolute Gasteiger partial charge is 0.251 e. The zero-order chi connectivity index (χ0) is 15.2. The molecule has 21 heavy (non-hydrogen) atoms. The van der Waals surface area contributed by atoms with Gasteiger partial charge >= 0.3 is 0 Å². The molecule has 5 heteroatoms. The summed E-state index contributed by atoms with van der Waals surface area (Å²) in [7, 11) is 0. The maximum absolute atomic E-state index is 11.7. The molecular formula is C16H16Cl2N2O. The van der Waals surface area contributed by atoms with E-state index >= 15 is 0 Å². The summed E-state index contributed by atoms with van der Waals surface area (Å²) in [6, 6.07) is 12.7. The Morgan fingerprint density at radius 3 is 2.24 bits per heavy atom. The van der Waals surface area contributed by atoms with Gasteiger partial charge in [-0.15, -0.1) is 0 Å². The fraction of sp³-hybridized carbons (Fsp3) is 0.188. The van der Waals surface area contributed by atoms with Gasteiger partial charge in [0.15, 0.2) is 0 Å². The van der Waals surface area contributed by atoms with Crippen molar-refractivity contribution in [1.29, 1.82) is 0 Å². The highest BCUT2D eigenvalue weighted by Gasteiger charge is 2.06. The van der Waals surface area contributed by atoms with E-state index in [9.17, 15) is 4.79 Å². The fourth-order valence-electron chi connectivity index (χ4n) is 1.89. The van der Waals surface area contributed by atoms with E-state index in [4.69, 9.17) is 23.2 Å². The van der Waals surface area contributed by atoms with E-state index in [1.165, 1.54) is 0 Å². The van der Waals surface area contributed by atoms with Crippen LogP contribution in [0.4, 0.5) is 5.69 Å². The molecule has 110 valence electrons. The zero-order valence-electron chi connectivity index (χ0n) is 11.6. The molecule has 0 aliphatic rings. The number of hydrogen-bond acceptors (Lipinski definition) is 2. The summed E-state index contributed by atoms with van der Waals surface area (Å²) in [6.07, 6.45) is 0. The second-order valence-electron chi connectivity index (χ2n) is 4.49. The van der Waals surface area contributed by atoms with Gasteiger partial charge in [0.1, 0.15) is 0 Å². The van der Waals surface area contributed by atoms with Gasteiger partial charge < -0.3 is 10.6 Å². The standard InChI is InChI=1S/C16H16Cl2N2O/c1-2-19-16(21)11-6-8-12(9-7-11)20-10-13-14(17)4-3-5-15(13)18/h3-9,20H,2,10H2,1H3,(H,19,21). The lowest BCUT2D eigenvalue weighted by atomic mass is 10.1. The van der Waals surface area contributed by atoms with Gasteiger partial charge in [-0.3, -0.25) is 4.79 Å². The number of rotatable bonds is 5. The number of anilines is 1. The maximum atomic E-state index is 11.7. The van der Waals surface area contributed by atoms with Crippen molar-refractivity contribution in [2.75, 3.05) is 11.9 Å². The molecule has 2 N–H and O–H groups in total. The third-order valence-electron chi connectivity index (χ3n) is 3.02. The lowest BCUT2D eigenvalue weighted by molar-refractivity contribution is 0.0956. The van der Waals surface area contributed by atoms with Crippen LogP contribution in [-0.2, 0) is 6.54 Å². The van der Waals surface area contributed by atoms with Gasteiger partial charge in [0.25, 0.3) is 5.91 Å². The molecule has 0 atom stereocenters. The Bertz CT molecular complexity index is 606. The number of carbonyl (C=O) groups excluding carboxylic acids is 1. The molecule has 2 aromatic rings. The molecule has 0 aliphatic carbocycles. The summed E-state index contributed by atoms with van der Waals surface area (Å²) in [6.45, 7) is 3.03. The van der Waals surface area contributed by atoms with Crippen LogP contribution in [-0.4, -0.2) is 12.5 Å². The second-order valence-corrected chi connectivity index (χ2v) is 5.30. The average molecular weight is 323 g/mol. The predicted octanol–water partition coefficient (Wildman–Crippen LogP) is 4.36. The van der Waals surface area contributed by atoms with Crippen LogP contribution in [0.1, 0.15) is 22.8 Å². The van der Waals surface area contributed by atoms with Crippen molar-refractivity contribution < 1.29 is 4.79 Å². The average Bonchev–Trinajstić information content (AvgIpc) is 2.47. The molecule has 0 bridgehead atoms. The summed E-state index contributed by atoms with van der Waals surface area (Å²) < 4.78 is 0. The van der Waals surface area contributed by atoms with E-state index in [1.54, 1.807) is 12.1 Å². The number of carbonyl (C=O) groups is 1. The number of nitrogens with one attached hydrogen (secondary N) is 2. The van der Waals surface area contributed by atoms with Crippen molar-refractivity contribution in [1.82, 2.24) is 5.32 Å². The van der Waals surface area contributed by atoms with E-state index in [0.29, 0.717) is 28.7 Å². The summed E-state index contributed by atoms with van der Waals surface area (Å²) >= 11 is 12.2. The van der Waals surface area contributed by atoms with Crippen LogP contribution in [0.15, 0.2) is 42.5 Å². The fourth-order valence-corrected chi connectivity index (χ4v) is 2.42. The molecule has 0 aliphatic heterocycles. The lowest BCUT2D eigenvalue weighted by Gasteiger charge is -2.10. The van der Waals surface area contributed by atoms with Crippen LogP contribution >= 0.6 is 23.2 Å². The molecule has 1 amide bonds. The topological polar surface area (TPSA) is 41.1 Å². The van der Waals surface area contributed by atoms with Gasteiger partial charge in [-0.05, 0) is 43.3 Å². The lowest BCUT2D eigenvalue weighted by Crippen LogP contribution is -2.22. The van der Waals surface area contributed by atoms with Gasteiger partial charge in [-0.2, -0.15) is 0 Å². The first-order chi connectivity index (χ1) is 10.1. The van der Waals surface area contributed by atoms with Crippen molar-refractivity contribution in [3.8, 4) is 0 Å². The quantitative estimate of drug-likeness (QED) is 0.858. The van der Waals surface area contributed by atoms with Gasteiger partial charge in [0.05, 0.1) is 0 Å². The summed E-state index contributed by atoms with van der Waals surface area (Å²) in [5.41, 5.74) is 2.39. The highest BCUT2D eigenvalue weighted by molar-refractivity contribution is 6.36. The normalized spacial score (nSPS) is 10.2. The molecule has 3 nitrogen and oxygen atoms in total. The van der Waals surface area contributed by atoms with Crippen LogP contribution < -0.4 is 10.6 Å². The molecule has 0 spiro atoms.